The predicted molar refractivity (Wildman–Crippen MR) is 73.8 cm³/mol. The standard InChI is InChI=1S/C12H8O10S2.2K/c13-11(14)5-1-7-8(10(3-5)24(20,21)22)2-6(12(15)16)4-9(7)23(17,18)19;;/h1-4H,(H,13,14)(H,15,16)(H,17,18,19)(H,20,21,22);;/q;2*+1/p-2. The minimum atomic E-state index is -5.29. The van der Waals surface area contributed by atoms with Gasteiger partial charge in [-0.3, -0.25) is 0 Å². The van der Waals surface area contributed by atoms with Crippen molar-refractivity contribution >= 4 is 42.9 Å². The van der Waals surface area contributed by atoms with Crippen LogP contribution in [0.3, 0.4) is 0 Å². The van der Waals surface area contributed by atoms with E-state index in [1.54, 1.807) is 0 Å². The minimum absolute atomic E-state index is 0. The first-order valence-corrected chi connectivity index (χ1v) is 8.64. The van der Waals surface area contributed by atoms with Crippen molar-refractivity contribution in [2.24, 2.45) is 0 Å². The fourth-order valence-corrected chi connectivity index (χ4v) is 3.48. The van der Waals surface area contributed by atoms with Gasteiger partial charge in [0, 0.05) is 10.8 Å². The third-order valence-electron chi connectivity index (χ3n) is 3.03. The average Bonchev–Trinajstić information content (AvgIpc) is 2.42. The van der Waals surface area contributed by atoms with Crippen molar-refractivity contribution in [3.8, 4) is 0 Å². The van der Waals surface area contributed by atoms with Gasteiger partial charge < -0.3 is 19.3 Å². The van der Waals surface area contributed by atoms with Gasteiger partial charge in [0.1, 0.15) is 20.2 Å². The van der Waals surface area contributed by atoms with E-state index in [2.05, 4.69) is 0 Å². The third kappa shape index (κ3) is 5.87. The summed E-state index contributed by atoms with van der Waals surface area (Å²) < 4.78 is 68.0. The number of hydrogen-bond donors (Lipinski definition) is 2. The molecule has 2 aromatic rings. The fraction of sp³-hybridized carbons (Fsp3) is 0. The Kier molecular flexibility index (Phi) is 9.75. The van der Waals surface area contributed by atoms with Crippen molar-refractivity contribution in [2.45, 2.75) is 9.79 Å². The normalized spacial score (nSPS) is 11.3. The zero-order chi connectivity index (χ0) is 18.4. The smallest absolute Gasteiger partial charge is 0.744 e. The van der Waals surface area contributed by atoms with Crippen LogP contribution in [0.4, 0.5) is 0 Å². The molecule has 2 N–H and O–H groups in total. The first kappa shape index (κ1) is 26.7. The zero-order valence-corrected chi connectivity index (χ0v) is 21.2. The Balaban J connectivity index is 0.00000312. The molecule has 0 aliphatic rings. The summed E-state index contributed by atoms with van der Waals surface area (Å²) in [6, 6.07) is 2.26. The monoisotopic (exact) mass is 452 g/mol. The second-order valence-electron chi connectivity index (χ2n) is 4.56. The molecule has 0 aliphatic carbocycles. The van der Waals surface area contributed by atoms with Crippen LogP contribution in [0.25, 0.3) is 10.8 Å². The molecule has 2 aromatic carbocycles. The summed E-state index contributed by atoms with van der Waals surface area (Å²) in [4.78, 5) is 19.8. The van der Waals surface area contributed by atoms with E-state index in [1.165, 1.54) is 0 Å². The summed E-state index contributed by atoms with van der Waals surface area (Å²) in [6.45, 7) is 0. The predicted octanol–water partition coefficient (Wildman–Crippen LogP) is -5.95. The van der Waals surface area contributed by atoms with Crippen LogP contribution in [-0.4, -0.2) is 48.1 Å². The maximum absolute atomic E-state index is 11.3. The van der Waals surface area contributed by atoms with Gasteiger partial charge in [0.05, 0.1) is 20.9 Å². The molecule has 0 bridgehead atoms. The molecule has 128 valence electrons. The fourth-order valence-electron chi connectivity index (χ4n) is 2.06. The van der Waals surface area contributed by atoms with Gasteiger partial charge in [-0.2, -0.15) is 0 Å². The molecule has 0 saturated heterocycles. The van der Waals surface area contributed by atoms with Crippen LogP contribution in [0.5, 0.6) is 0 Å². The number of carboxylic acid groups (broad SMARTS) is 2. The van der Waals surface area contributed by atoms with E-state index in [-0.39, 0.29) is 103 Å². The molecule has 0 unspecified atom stereocenters. The Morgan fingerprint density at radius 2 is 0.962 bits per heavy atom. The summed E-state index contributed by atoms with van der Waals surface area (Å²) in [5.74, 6) is -3.36. The minimum Gasteiger partial charge on any atom is -0.744 e. The maximum atomic E-state index is 11.3. The van der Waals surface area contributed by atoms with E-state index in [1.807, 2.05) is 0 Å². The zero-order valence-electron chi connectivity index (χ0n) is 13.3. The van der Waals surface area contributed by atoms with Gasteiger partial charge in [-0.05, 0) is 24.3 Å². The van der Waals surface area contributed by atoms with Gasteiger partial charge in [-0.25, -0.2) is 26.4 Å². The SMILES string of the molecule is O=C(O)c1cc(S(=O)(=O)[O-])c2cc(C(=O)O)cc(S(=O)(=O)[O-])c2c1.[K+].[K+]. The molecule has 0 saturated carbocycles. The van der Waals surface area contributed by atoms with Crippen LogP contribution in [0.2, 0.25) is 0 Å². The summed E-state index contributed by atoms with van der Waals surface area (Å²) in [5, 5.41) is 16.6. The molecular weight excluding hydrogens is 446 g/mol. The summed E-state index contributed by atoms with van der Waals surface area (Å²) in [6.07, 6.45) is 0. The van der Waals surface area contributed by atoms with Crippen LogP contribution in [0.15, 0.2) is 34.1 Å². The first-order chi connectivity index (χ1) is 10.8. The molecule has 0 spiro atoms. The Labute approximate surface area is 232 Å². The van der Waals surface area contributed by atoms with Crippen molar-refractivity contribution < 1.29 is 149 Å². The quantitative estimate of drug-likeness (QED) is 0.334. The Morgan fingerprint density at radius 1 is 0.692 bits per heavy atom. The van der Waals surface area contributed by atoms with Crippen LogP contribution >= 0.6 is 0 Å². The van der Waals surface area contributed by atoms with E-state index >= 15 is 0 Å². The summed E-state index contributed by atoms with van der Waals surface area (Å²) in [5.41, 5.74) is -1.52. The van der Waals surface area contributed by atoms with Gasteiger partial charge >= 0.3 is 115 Å². The number of aromatic carboxylic acids is 2. The first-order valence-electron chi connectivity index (χ1n) is 5.82. The van der Waals surface area contributed by atoms with E-state index in [0.29, 0.717) is 24.3 Å². The molecule has 2 rings (SSSR count). The molecule has 0 aliphatic heterocycles. The Hall–Kier alpha value is 0.733. The van der Waals surface area contributed by atoms with E-state index in [9.17, 15) is 35.5 Å². The van der Waals surface area contributed by atoms with Crippen LogP contribution in [0.1, 0.15) is 20.7 Å². The van der Waals surface area contributed by atoms with E-state index in [0.717, 1.165) is 0 Å². The van der Waals surface area contributed by atoms with Crippen LogP contribution < -0.4 is 103 Å². The number of fused-ring (bicyclic) bond motifs is 1. The van der Waals surface area contributed by atoms with Gasteiger partial charge in [-0.15, -0.1) is 0 Å². The Morgan fingerprint density at radius 3 is 1.15 bits per heavy atom. The van der Waals surface area contributed by atoms with Crippen molar-refractivity contribution in [1.29, 1.82) is 0 Å². The molecule has 0 aromatic heterocycles. The number of carbonyl (C=O) groups is 2. The molecular formula is C12H6K2O10S2. The van der Waals surface area contributed by atoms with Crippen molar-refractivity contribution in [2.75, 3.05) is 0 Å². The van der Waals surface area contributed by atoms with Crippen LogP contribution in [-0.2, 0) is 20.2 Å². The second kappa shape index (κ2) is 9.49. The van der Waals surface area contributed by atoms with Gasteiger partial charge in [0.25, 0.3) is 0 Å². The largest absolute Gasteiger partial charge is 1.00 e. The number of hydrogen-bond acceptors (Lipinski definition) is 8. The van der Waals surface area contributed by atoms with Gasteiger partial charge in [-0.1, -0.05) is 0 Å². The molecule has 0 heterocycles. The molecule has 26 heavy (non-hydrogen) atoms. The Bertz CT molecular complexity index is 1020. The van der Waals surface area contributed by atoms with Gasteiger partial charge in [0.15, 0.2) is 0 Å². The van der Waals surface area contributed by atoms with Gasteiger partial charge in [0.2, 0.25) is 0 Å². The summed E-state index contributed by atoms with van der Waals surface area (Å²) in [7, 11) is -10.6. The molecule has 10 nitrogen and oxygen atoms in total. The molecule has 0 atom stereocenters. The molecule has 0 amide bonds. The number of rotatable bonds is 4. The van der Waals surface area contributed by atoms with E-state index in [4.69, 9.17) is 10.2 Å². The number of benzene rings is 2. The molecule has 0 radical (unpaired) electrons. The van der Waals surface area contributed by atoms with Crippen LogP contribution in [0, 0.1) is 0 Å². The van der Waals surface area contributed by atoms with E-state index < -0.39 is 63.9 Å². The average molecular weight is 453 g/mol. The molecule has 14 heteroatoms. The van der Waals surface area contributed by atoms with Crippen molar-refractivity contribution in [3.05, 3.63) is 35.4 Å². The molecule has 0 fully saturated rings. The maximum Gasteiger partial charge on any atom is 1.00 e. The van der Waals surface area contributed by atoms with Crippen molar-refractivity contribution in [1.82, 2.24) is 0 Å². The summed E-state index contributed by atoms with van der Waals surface area (Å²) >= 11 is 0. The topological polar surface area (TPSA) is 189 Å². The third-order valence-corrected chi connectivity index (χ3v) is 4.78. The second-order valence-corrected chi connectivity index (χ2v) is 7.26. The van der Waals surface area contributed by atoms with Crippen molar-refractivity contribution in [3.63, 3.8) is 0 Å². The number of carboxylic acids is 2.